The predicted octanol–water partition coefficient (Wildman–Crippen LogP) is 1.92. The second-order valence-corrected chi connectivity index (χ2v) is 5.17. The Kier molecular flexibility index (Phi) is 3.65. The lowest BCUT2D eigenvalue weighted by Gasteiger charge is -2.11. The number of nitrogens with zero attached hydrogens (tertiary/aromatic N) is 5. The summed E-state index contributed by atoms with van der Waals surface area (Å²) >= 11 is 0. The summed E-state index contributed by atoms with van der Waals surface area (Å²) in [5.74, 6) is -0.0530. The lowest BCUT2D eigenvalue weighted by atomic mass is 10.3. The second-order valence-electron chi connectivity index (χ2n) is 5.17. The topological polar surface area (TPSA) is 86.3 Å². The van der Waals surface area contributed by atoms with Crippen molar-refractivity contribution in [3.05, 3.63) is 54.1 Å². The van der Waals surface area contributed by atoms with Gasteiger partial charge in [-0.05, 0) is 24.3 Å². The van der Waals surface area contributed by atoms with Crippen molar-refractivity contribution < 1.29 is 4.79 Å². The number of hydrogen-bond donors (Lipinski definition) is 1. The van der Waals surface area contributed by atoms with Gasteiger partial charge in [-0.25, -0.2) is 9.97 Å². The van der Waals surface area contributed by atoms with Crippen molar-refractivity contribution >= 4 is 23.1 Å². The second kappa shape index (κ2) is 5.77. The normalized spacial score (nSPS) is 10.3. The molecule has 0 unspecified atom stereocenters. The van der Waals surface area contributed by atoms with Gasteiger partial charge < -0.3 is 14.6 Å². The van der Waals surface area contributed by atoms with Crippen LogP contribution >= 0.6 is 0 Å². The molecule has 0 fully saturated rings. The number of anilines is 2. The number of nitrogens with one attached hydrogen (secondary N) is 1. The third-order valence-electron chi connectivity index (χ3n) is 3.32. The van der Waals surface area contributed by atoms with Gasteiger partial charge in [0.15, 0.2) is 0 Å². The van der Waals surface area contributed by atoms with Gasteiger partial charge in [0.25, 0.3) is 5.91 Å². The van der Waals surface area contributed by atoms with Crippen LogP contribution in [0.15, 0.2) is 42.9 Å². The van der Waals surface area contributed by atoms with Gasteiger partial charge in [0.05, 0.1) is 17.3 Å². The predicted molar refractivity (Wildman–Crippen MR) is 86.4 cm³/mol. The third-order valence-corrected chi connectivity index (χ3v) is 3.32. The molecule has 7 nitrogen and oxygen atoms in total. The molecule has 0 aliphatic heterocycles. The van der Waals surface area contributed by atoms with Crippen LogP contribution in [-0.2, 0) is 0 Å². The zero-order valence-electron chi connectivity index (χ0n) is 12.7. The van der Waals surface area contributed by atoms with E-state index in [-0.39, 0.29) is 11.6 Å². The zero-order valence-corrected chi connectivity index (χ0v) is 12.7. The summed E-state index contributed by atoms with van der Waals surface area (Å²) in [5.41, 5.74) is 2.40. The van der Waals surface area contributed by atoms with Gasteiger partial charge in [-0.3, -0.25) is 4.79 Å². The minimum atomic E-state index is -0.373. The van der Waals surface area contributed by atoms with Gasteiger partial charge in [0, 0.05) is 32.7 Å². The van der Waals surface area contributed by atoms with Gasteiger partial charge in [-0.15, -0.1) is 0 Å². The number of imidazole rings is 1. The number of pyridine rings is 2. The number of nitriles is 1. The molecule has 0 radical (unpaired) electrons. The summed E-state index contributed by atoms with van der Waals surface area (Å²) in [4.78, 5) is 22.6. The van der Waals surface area contributed by atoms with E-state index in [1.54, 1.807) is 16.7 Å². The molecule has 1 N–H and O–H groups in total. The summed E-state index contributed by atoms with van der Waals surface area (Å²) in [6.45, 7) is 0. The van der Waals surface area contributed by atoms with Crippen LogP contribution in [0.5, 0.6) is 0 Å². The summed E-state index contributed by atoms with van der Waals surface area (Å²) in [7, 11) is 3.89. The van der Waals surface area contributed by atoms with Crippen LogP contribution in [-0.4, -0.2) is 34.4 Å². The molecule has 0 aliphatic rings. The summed E-state index contributed by atoms with van der Waals surface area (Å²) < 4.78 is 1.80. The maximum Gasteiger partial charge on any atom is 0.277 e. The Balaban J connectivity index is 1.87. The Hall–Kier alpha value is -3.40. The molecule has 0 spiro atoms. The van der Waals surface area contributed by atoms with E-state index < -0.39 is 0 Å². The maximum atomic E-state index is 12.3. The molecule has 3 aromatic heterocycles. The van der Waals surface area contributed by atoms with Gasteiger partial charge in [-0.2, -0.15) is 5.26 Å². The average molecular weight is 306 g/mol. The van der Waals surface area contributed by atoms with Crippen molar-refractivity contribution in [2.75, 3.05) is 24.3 Å². The zero-order chi connectivity index (χ0) is 16.4. The van der Waals surface area contributed by atoms with Crippen LogP contribution in [0.25, 0.3) is 5.65 Å². The highest BCUT2D eigenvalue weighted by Crippen LogP contribution is 2.15. The molecule has 114 valence electrons. The fourth-order valence-corrected chi connectivity index (χ4v) is 2.10. The van der Waals surface area contributed by atoms with E-state index in [9.17, 15) is 4.79 Å². The smallest absolute Gasteiger partial charge is 0.277 e. The van der Waals surface area contributed by atoms with E-state index in [4.69, 9.17) is 5.26 Å². The van der Waals surface area contributed by atoms with E-state index in [0.717, 1.165) is 5.69 Å². The SMILES string of the molecule is CN(C)c1ccc2nc(C(=O)Nc3cc(C#N)ccn3)cn2c1. The first-order chi connectivity index (χ1) is 11.1. The first kappa shape index (κ1) is 14.5. The summed E-state index contributed by atoms with van der Waals surface area (Å²) in [5, 5.41) is 11.5. The van der Waals surface area contributed by atoms with E-state index in [1.807, 2.05) is 43.4 Å². The Labute approximate surface area is 132 Å². The molecule has 3 aromatic rings. The van der Waals surface area contributed by atoms with Crippen LogP contribution in [0.1, 0.15) is 16.1 Å². The highest BCUT2D eigenvalue weighted by atomic mass is 16.2. The summed E-state index contributed by atoms with van der Waals surface area (Å²) in [6, 6.07) is 8.87. The highest BCUT2D eigenvalue weighted by Gasteiger charge is 2.12. The van der Waals surface area contributed by atoms with Crippen molar-refractivity contribution in [3.63, 3.8) is 0 Å². The molecule has 3 heterocycles. The van der Waals surface area contributed by atoms with Crippen molar-refractivity contribution in [1.82, 2.24) is 14.4 Å². The monoisotopic (exact) mass is 306 g/mol. The van der Waals surface area contributed by atoms with Gasteiger partial charge in [0.1, 0.15) is 17.2 Å². The first-order valence-corrected chi connectivity index (χ1v) is 6.90. The van der Waals surface area contributed by atoms with E-state index in [2.05, 4.69) is 15.3 Å². The molecule has 0 aliphatic carbocycles. The van der Waals surface area contributed by atoms with Crippen LogP contribution < -0.4 is 10.2 Å². The number of carbonyl (C=O) groups is 1. The maximum absolute atomic E-state index is 12.3. The molecule has 7 heteroatoms. The minimum absolute atomic E-state index is 0.282. The number of amides is 1. The van der Waals surface area contributed by atoms with Crippen LogP contribution in [0.4, 0.5) is 11.5 Å². The summed E-state index contributed by atoms with van der Waals surface area (Å²) in [6.07, 6.45) is 5.03. The minimum Gasteiger partial charge on any atom is -0.376 e. The average Bonchev–Trinajstić information content (AvgIpc) is 2.98. The Bertz CT molecular complexity index is 922. The fraction of sp³-hybridized carbons (Fsp3) is 0.125. The Morgan fingerprint density at radius 1 is 1.30 bits per heavy atom. The third kappa shape index (κ3) is 2.96. The van der Waals surface area contributed by atoms with E-state index in [1.165, 1.54) is 12.3 Å². The number of aromatic nitrogens is 3. The Morgan fingerprint density at radius 2 is 2.13 bits per heavy atom. The van der Waals surface area contributed by atoms with Crippen LogP contribution in [0.2, 0.25) is 0 Å². The van der Waals surface area contributed by atoms with Crippen molar-refractivity contribution in [3.8, 4) is 6.07 Å². The molecular formula is C16H14N6O. The molecule has 0 saturated heterocycles. The van der Waals surface area contributed by atoms with Gasteiger partial charge in [0.2, 0.25) is 0 Å². The van der Waals surface area contributed by atoms with E-state index >= 15 is 0 Å². The number of carbonyl (C=O) groups excluding carboxylic acids is 1. The van der Waals surface area contributed by atoms with Crippen molar-refractivity contribution in [2.24, 2.45) is 0 Å². The molecule has 1 amide bonds. The molecule has 3 rings (SSSR count). The van der Waals surface area contributed by atoms with Crippen LogP contribution in [0.3, 0.4) is 0 Å². The largest absolute Gasteiger partial charge is 0.376 e. The standard InChI is InChI=1S/C16H14N6O/c1-21(2)12-3-4-15-19-13(10-22(15)9-12)16(23)20-14-7-11(8-17)5-6-18-14/h3-7,9-10H,1-2H3,(H,18,20,23). The lowest BCUT2D eigenvalue weighted by Crippen LogP contribution is -2.13. The molecular weight excluding hydrogens is 292 g/mol. The fourth-order valence-electron chi connectivity index (χ4n) is 2.10. The molecule has 0 atom stereocenters. The van der Waals surface area contributed by atoms with Crippen molar-refractivity contribution in [2.45, 2.75) is 0 Å². The highest BCUT2D eigenvalue weighted by molar-refractivity contribution is 6.02. The van der Waals surface area contributed by atoms with Crippen molar-refractivity contribution in [1.29, 1.82) is 5.26 Å². The first-order valence-electron chi connectivity index (χ1n) is 6.90. The number of fused-ring (bicyclic) bond motifs is 1. The molecule has 23 heavy (non-hydrogen) atoms. The van der Waals surface area contributed by atoms with Gasteiger partial charge >= 0.3 is 0 Å². The Morgan fingerprint density at radius 3 is 2.87 bits per heavy atom. The number of hydrogen-bond acceptors (Lipinski definition) is 5. The molecule has 0 bridgehead atoms. The number of rotatable bonds is 3. The molecule has 0 aromatic carbocycles. The van der Waals surface area contributed by atoms with Crippen LogP contribution in [0, 0.1) is 11.3 Å². The van der Waals surface area contributed by atoms with Gasteiger partial charge in [-0.1, -0.05) is 0 Å². The quantitative estimate of drug-likeness (QED) is 0.799. The molecule has 0 saturated carbocycles. The van der Waals surface area contributed by atoms with E-state index in [0.29, 0.717) is 17.0 Å². The lowest BCUT2D eigenvalue weighted by molar-refractivity contribution is 0.102.